The second kappa shape index (κ2) is 13.3. The van der Waals surface area contributed by atoms with Crippen molar-refractivity contribution in [1.29, 1.82) is 0 Å². The van der Waals surface area contributed by atoms with E-state index in [0.29, 0.717) is 30.3 Å². The van der Waals surface area contributed by atoms with Gasteiger partial charge in [0.1, 0.15) is 34.6 Å². The zero-order chi connectivity index (χ0) is 33.2. The molecule has 46 heavy (non-hydrogen) atoms. The number of pyridine rings is 1. The Morgan fingerprint density at radius 1 is 0.609 bits per heavy atom. The molecule has 0 N–H and O–H groups in total. The van der Waals surface area contributed by atoms with Crippen molar-refractivity contribution < 1.29 is 44.3 Å². The summed E-state index contributed by atoms with van der Waals surface area (Å²) in [6.07, 6.45) is 0.797. The highest BCUT2D eigenvalue weighted by Gasteiger charge is 2.41. The van der Waals surface area contributed by atoms with E-state index >= 15 is 8.78 Å². The molecule has 0 aliphatic carbocycles. The van der Waals surface area contributed by atoms with E-state index in [2.05, 4.69) is 16.6 Å². The topological polar surface area (TPSA) is 22.1 Å². The van der Waals surface area contributed by atoms with Crippen molar-refractivity contribution in [2.24, 2.45) is 0 Å². The lowest BCUT2D eigenvalue weighted by atomic mass is 9.99. The monoisotopic (exact) mass is 645 g/mol. The molecule has 5 rings (SSSR count). The maximum absolute atomic E-state index is 15.0. The van der Waals surface area contributed by atoms with Gasteiger partial charge in [-0.3, -0.25) is 4.98 Å². The molecule has 0 unspecified atom stereocenters. The molecular weight excluding hydrogens is 621 g/mol. The number of ether oxygens (including phenoxy) is 1. The maximum atomic E-state index is 15.0. The van der Waals surface area contributed by atoms with Crippen molar-refractivity contribution in [3.63, 3.8) is 0 Å². The largest absolute Gasteiger partial charge is 0.432 e. The predicted molar refractivity (Wildman–Crippen MR) is 154 cm³/mol. The lowest BCUT2D eigenvalue weighted by Gasteiger charge is -2.20. The molecule has 0 atom stereocenters. The van der Waals surface area contributed by atoms with Gasteiger partial charge >= 0.3 is 6.11 Å². The standard InChI is InChI=1S/C35H24F9NO/c1-2-3-4-5-19-6-11-32(45-18-19)22-15-28(38)33(29(39)16-22)35(43,44)46-23-8-10-24(27(37)17-23)20-7-9-25(26(36)12-20)21-13-30(40)34(42)31(41)14-21/h6-18H,2-5H2,1H3. The summed E-state index contributed by atoms with van der Waals surface area (Å²) < 4.78 is 135. The number of aryl methyl sites for hydroxylation is 1. The van der Waals surface area contributed by atoms with Gasteiger partial charge in [-0.25, -0.2) is 30.7 Å². The van der Waals surface area contributed by atoms with Crippen LogP contribution in [0.4, 0.5) is 39.5 Å². The number of hydrogen-bond donors (Lipinski definition) is 0. The first kappa shape index (κ1) is 32.6. The van der Waals surface area contributed by atoms with Gasteiger partial charge in [0, 0.05) is 29.0 Å². The van der Waals surface area contributed by atoms with Gasteiger partial charge in [-0.05, 0) is 78.1 Å². The Labute approximate surface area is 258 Å². The summed E-state index contributed by atoms with van der Waals surface area (Å²) in [5.74, 6) is -11.0. The molecule has 0 saturated heterocycles. The minimum atomic E-state index is -4.56. The summed E-state index contributed by atoms with van der Waals surface area (Å²) in [4.78, 5) is 4.19. The molecule has 1 aromatic heterocycles. The highest BCUT2D eigenvalue weighted by Crippen LogP contribution is 2.38. The number of hydrogen-bond acceptors (Lipinski definition) is 2. The van der Waals surface area contributed by atoms with Crippen molar-refractivity contribution in [3.8, 4) is 39.3 Å². The fourth-order valence-electron chi connectivity index (χ4n) is 4.94. The van der Waals surface area contributed by atoms with Crippen LogP contribution in [0.5, 0.6) is 5.75 Å². The fraction of sp³-hybridized carbons (Fsp3) is 0.171. The van der Waals surface area contributed by atoms with E-state index in [1.807, 2.05) is 0 Å². The first-order chi connectivity index (χ1) is 21.9. The van der Waals surface area contributed by atoms with Crippen LogP contribution < -0.4 is 4.74 Å². The Bertz CT molecular complexity index is 1840. The van der Waals surface area contributed by atoms with Gasteiger partial charge < -0.3 is 4.74 Å². The third-order valence-electron chi connectivity index (χ3n) is 7.28. The van der Waals surface area contributed by atoms with Crippen molar-refractivity contribution in [2.45, 2.75) is 38.7 Å². The summed E-state index contributed by atoms with van der Waals surface area (Å²) in [6, 6.07) is 11.3. The second-order valence-corrected chi connectivity index (χ2v) is 10.5. The predicted octanol–water partition coefficient (Wildman–Crippen LogP) is 10.9. The Morgan fingerprint density at radius 2 is 1.20 bits per heavy atom. The average molecular weight is 646 g/mol. The maximum Gasteiger partial charge on any atom is 0.432 e. The van der Waals surface area contributed by atoms with Crippen LogP contribution in [-0.4, -0.2) is 4.98 Å². The van der Waals surface area contributed by atoms with Crippen LogP contribution in [0.3, 0.4) is 0 Å². The van der Waals surface area contributed by atoms with E-state index in [9.17, 15) is 30.7 Å². The molecule has 4 aromatic carbocycles. The Balaban J connectivity index is 1.35. The highest BCUT2D eigenvalue weighted by molar-refractivity contribution is 5.72. The molecule has 2 nitrogen and oxygen atoms in total. The molecule has 238 valence electrons. The zero-order valence-electron chi connectivity index (χ0n) is 24.1. The van der Waals surface area contributed by atoms with E-state index in [1.54, 1.807) is 12.3 Å². The molecule has 0 aliphatic heterocycles. The molecule has 0 saturated carbocycles. The average Bonchev–Trinajstić information content (AvgIpc) is 2.99. The zero-order valence-corrected chi connectivity index (χ0v) is 24.1. The third-order valence-corrected chi connectivity index (χ3v) is 7.28. The van der Waals surface area contributed by atoms with Crippen LogP contribution in [0.15, 0.2) is 79.0 Å². The molecule has 1 heterocycles. The second-order valence-electron chi connectivity index (χ2n) is 10.5. The molecular formula is C35H24F9NO. The van der Waals surface area contributed by atoms with Gasteiger partial charge in [-0.15, -0.1) is 0 Å². The van der Waals surface area contributed by atoms with E-state index in [1.165, 1.54) is 12.1 Å². The van der Waals surface area contributed by atoms with Gasteiger partial charge in [0.2, 0.25) is 0 Å². The molecule has 0 radical (unpaired) electrons. The van der Waals surface area contributed by atoms with Crippen LogP contribution in [0, 0.1) is 40.7 Å². The molecule has 11 heteroatoms. The molecule has 5 aromatic rings. The molecule has 0 amide bonds. The molecule has 0 fully saturated rings. The minimum Gasteiger partial charge on any atom is -0.429 e. The van der Waals surface area contributed by atoms with Crippen LogP contribution in [0.1, 0.15) is 37.3 Å². The first-order valence-electron chi connectivity index (χ1n) is 14.1. The lowest BCUT2D eigenvalue weighted by molar-refractivity contribution is -0.189. The van der Waals surface area contributed by atoms with E-state index in [-0.39, 0.29) is 33.5 Å². The lowest BCUT2D eigenvalue weighted by Crippen LogP contribution is -2.25. The Hall–Kier alpha value is -4.80. The van der Waals surface area contributed by atoms with Crippen molar-refractivity contribution in [1.82, 2.24) is 4.98 Å². The molecule has 0 spiro atoms. The third kappa shape index (κ3) is 6.88. The van der Waals surface area contributed by atoms with Gasteiger partial charge in [0.05, 0.1) is 5.69 Å². The van der Waals surface area contributed by atoms with Gasteiger partial charge in [-0.2, -0.15) is 8.78 Å². The SMILES string of the molecule is CCCCCc1ccc(-c2cc(F)c(C(F)(F)Oc3ccc(-c4ccc(-c5cc(F)c(F)c(F)c5)c(F)c4)c(F)c3)c(F)c2)nc1. The van der Waals surface area contributed by atoms with Crippen LogP contribution in [-0.2, 0) is 12.5 Å². The fourth-order valence-corrected chi connectivity index (χ4v) is 4.94. The number of unbranched alkanes of at least 4 members (excludes halogenated alkanes) is 2. The first-order valence-corrected chi connectivity index (χ1v) is 14.1. The Morgan fingerprint density at radius 3 is 1.78 bits per heavy atom. The molecule has 0 bridgehead atoms. The number of halogens is 9. The van der Waals surface area contributed by atoms with E-state index < -0.39 is 58.1 Å². The smallest absolute Gasteiger partial charge is 0.429 e. The number of aromatic nitrogens is 1. The normalized spacial score (nSPS) is 11.6. The van der Waals surface area contributed by atoms with Gasteiger partial charge in [-0.1, -0.05) is 38.0 Å². The highest BCUT2D eigenvalue weighted by atomic mass is 19.3. The molecule has 0 aliphatic rings. The van der Waals surface area contributed by atoms with E-state index in [4.69, 9.17) is 0 Å². The summed E-state index contributed by atoms with van der Waals surface area (Å²) in [7, 11) is 0. The van der Waals surface area contributed by atoms with E-state index in [0.717, 1.165) is 55.5 Å². The van der Waals surface area contributed by atoms with Crippen LogP contribution in [0.2, 0.25) is 0 Å². The van der Waals surface area contributed by atoms with Crippen LogP contribution >= 0.6 is 0 Å². The number of nitrogens with zero attached hydrogens (tertiary/aromatic N) is 1. The summed E-state index contributed by atoms with van der Waals surface area (Å²) in [5.41, 5.74) is -1.65. The quantitative estimate of drug-likeness (QED) is 0.0857. The summed E-state index contributed by atoms with van der Waals surface area (Å²) >= 11 is 0. The number of alkyl halides is 2. The Kier molecular flexibility index (Phi) is 9.41. The van der Waals surface area contributed by atoms with Gasteiger partial charge in [0.25, 0.3) is 0 Å². The summed E-state index contributed by atoms with van der Waals surface area (Å²) in [5, 5.41) is 0. The number of rotatable bonds is 10. The van der Waals surface area contributed by atoms with Crippen molar-refractivity contribution >= 4 is 0 Å². The number of benzene rings is 4. The van der Waals surface area contributed by atoms with Crippen molar-refractivity contribution in [2.75, 3.05) is 0 Å². The van der Waals surface area contributed by atoms with Crippen LogP contribution in [0.25, 0.3) is 33.5 Å². The minimum absolute atomic E-state index is 0.0713. The van der Waals surface area contributed by atoms with Gasteiger partial charge in [0.15, 0.2) is 17.5 Å². The van der Waals surface area contributed by atoms with Crippen molar-refractivity contribution in [3.05, 3.63) is 131 Å². The summed E-state index contributed by atoms with van der Waals surface area (Å²) in [6.45, 7) is 2.07.